The van der Waals surface area contributed by atoms with Gasteiger partial charge in [-0.05, 0) is 51.5 Å². The predicted octanol–water partition coefficient (Wildman–Crippen LogP) is 3.80. The van der Waals surface area contributed by atoms with Crippen LogP contribution in [0.1, 0.15) is 37.4 Å². The molecule has 0 spiro atoms. The molecule has 4 nitrogen and oxygen atoms in total. The molecule has 0 saturated carbocycles. The normalized spacial score (nSPS) is 11.5. The first-order valence-electron chi connectivity index (χ1n) is 7.92. The van der Waals surface area contributed by atoms with Crippen LogP contribution in [0, 0.1) is 6.92 Å². The third-order valence-electron chi connectivity index (χ3n) is 3.36. The van der Waals surface area contributed by atoms with Crippen LogP contribution in [0.25, 0.3) is 0 Å². The average Bonchev–Trinajstić information content (AvgIpc) is 2.96. The van der Waals surface area contributed by atoms with Crippen molar-refractivity contribution in [2.75, 3.05) is 13.2 Å². The van der Waals surface area contributed by atoms with Crippen molar-refractivity contribution in [3.63, 3.8) is 0 Å². The van der Waals surface area contributed by atoms with E-state index in [-0.39, 0.29) is 6.10 Å². The van der Waals surface area contributed by atoms with E-state index in [9.17, 15) is 0 Å². The molecule has 0 aliphatic heterocycles. The lowest BCUT2D eigenvalue weighted by atomic mass is 10.2. The summed E-state index contributed by atoms with van der Waals surface area (Å²) >= 11 is 0. The Balaban J connectivity index is 1.91. The van der Waals surface area contributed by atoms with E-state index in [1.165, 1.54) is 0 Å². The molecule has 0 aliphatic carbocycles. The van der Waals surface area contributed by atoms with Crippen LogP contribution in [0.3, 0.4) is 0 Å². The Kier molecular flexibility index (Phi) is 6.62. The average molecular weight is 302 g/mol. The fraction of sp³-hybridized carbons (Fsp3) is 0.500. The summed E-state index contributed by atoms with van der Waals surface area (Å²) < 4.78 is 11.1. The first-order chi connectivity index (χ1) is 10.6. The van der Waals surface area contributed by atoms with Crippen LogP contribution in [0.4, 0.5) is 0 Å². The van der Waals surface area contributed by atoms with Gasteiger partial charge < -0.3 is 9.15 Å². The van der Waals surface area contributed by atoms with E-state index in [4.69, 9.17) is 9.15 Å². The first-order valence-corrected chi connectivity index (χ1v) is 7.92. The minimum atomic E-state index is 0.289. The van der Waals surface area contributed by atoms with Crippen LogP contribution in [0.5, 0.6) is 0 Å². The fourth-order valence-electron chi connectivity index (χ4n) is 2.36. The van der Waals surface area contributed by atoms with Gasteiger partial charge in [0.25, 0.3) is 0 Å². The van der Waals surface area contributed by atoms with Crippen molar-refractivity contribution in [3.8, 4) is 0 Å². The van der Waals surface area contributed by atoms with E-state index in [1.807, 2.05) is 25.1 Å². The number of nitrogens with zero attached hydrogens (tertiary/aromatic N) is 2. The standard InChI is InChI=1S/C18H26N2O2/c1-15(2)21-12-6-10-20(14-18-9-5-11-22-18)13-17-8-4-7-16(3)19-17/h4-5,7-9,11,15H,6,10,12-14H2,1-3H3. The summed E-state index contributed by atoms with van der Waals surface area (Å²) in [5.41, 5.74) is 2.15. The molecule has 22 heavy (non-hydrogen) atoms. The van der Waals surface area contributed by atoms with Crippen LogP contribution < -0.4 is 0 Å². The van der Waals surface area contributed by atoms with Crippen LogP contribution in [-0.4, -0.2) is 29.1 Å². The summed E-state index contributed by atoms with van der Waals surface area (Å²) in [6.07, 6.45) is 3.02. The summed E-state index contributed by atoms with van der Waals surface area (Å²) in [7, 11) is 0. The van der Waals surface area contributed by atoms with E-state index in [0.717, 1.165) is 49.8 Å². The SMILES string of the molecule is Cc1cccc(CN(CCCOC(C)C)Cc2ccco2)n1. The maximum Gasteiger partial charge on any atom is 0.117 e. The van der Waals surface area contributed by atoms with Crippen molar-refractivity contribution in [2.24, 2.45) is 0 Å². The summed E-state index contributed by atoms with van der Waals surface area (Å²) in [6.45, 7) is 9.52. The number of furan rings is 1. The summed E-state index contributed by atoms with van der Waals surface area (Å²) in [4.78, 5) is 6.95. The predicted molar refractivity (Wildman–Crippen MR) is 87.5 cm³/mol. The van der Waals surface area contributed by atoms with E-state index in [1.54, 1.807) is 6.26 Å². The number of aryl methyl sites for hydroxylation is 1. The first kappa shape index (κ1) is 16.7. The zero-order chi connectivity index (χ0) is 15.8. The van der Waals surface area contributed by atoms with Gasteiger partial charge >= 0.3 is 0 Å². The lowest BCUT2D eigenvalue weighted by molar-refractivity contribution is 0.0685. The van der Waals surface area contributed by atoms with Crippen molar-refractivity contribution in [2.45, 2.75) is 46.4 Å². The molecule has 4 heteroatoms. The molecule has 0 saturated heterocycles. The van der Waals surface area contributed by atoms with Gasteiger partial charge in [0.05, 0.1) is 24.6 Å². The zero-order valence-corrected chi connectivity index (χ0v) is 13.8. The largest absolute Gasteiger partial charge is 0.468 e. The van der Waals surface area contributed by atoms with Gasteiger partial charge in [-0.15, -0.1) is 0 Å². The molecule has 2 aromatic heterocycles. The maximum atomic E-state index is 5.63. The highest BCUT2D eigenvalue weighted by Gasteiger charge is 2.10. The van der Waals surface area contributed by atoms with Crippen LogP contribution in [-0.2, 0) is 17.8 Å². The Morgan fingerprint density at radius 2 is 2.05 bits per heavy atom. The summed E-state index contributed by atoms with van der Waals surface area (Å²) in [5.74, 6) is 0.984. The second-order valence-corrected chi connectivity index (χ2v) is 5.83. The topological polar surface area (TPSA) is 38.5 Å². The second kappa shape index (κ2) is 8.71. The Morgan fingerprint density at radius 3 is 2.73 bits per heavy atom. The quantitative estimate of drug-likeness (QED) is 0.660. The molecule has 2 rings (SSSR count). The van der Waals surface area contributed by atoms with E-state index < -0.39 is 0 Å². The zero-order valence-electron chi connectivity index (χ0n) is 13.8. The molecular weight excluding hydrogens is 276 g/mol. The van der Waals surface area contributed by atoms with Crippen LogP contribution in [0.15, 0.2) is 41.0 Å². The molecule has 0 aromatic carbocycles. The minimum Gasteiger partial charge on any atom is -0.468 e. The second-order valence-electron chi connectivity index (χ2n) is 5.83. The Hall–Kier alpha value is -1.65. The van der Waals surface area contributed by atoms with E-state index in [0.29, 0.717) is 0 Å². The van der Waals surface area contributed by atoms with Gasteiger partial charge in [0.2, 0.25) is 0 Å². The van der Waals surface area contributed by atoms with Gasteiger partial charge in [0.15, 0.2) is 0 Å². The van der Waals surface area contributed by atoms with Gasteiger partial charge in [0, 0.05) is 25.4 Å². The van der Waals surface area contributed by atoms with E-state index >= 15 is 0 Å². The summed E-state index contributed by atoms with van der Waals surface area (Å²) in [6, 6.07) is 10.1. The monoisotopic (exact) mass is 302 g/mol. The number of aromatic nitrogens is 1. The molecule has 120 valence electrons. The third-order valence-corrected chi connectivity index (χ3v) is 3.36. The molecule has 0 N–H and O–H groups in total. The molecule has 0 unspecified atom stereocenters. The van der Waals surface area contributed by atoms with Crippen molar-refractivity contribution >= 4 is 0 Å². The maximum absolute atomic E-state index is 5.63. The number of rotatable bonds is 9. The highest BCUT2D eigenvalue weighted by molar-refractivity contribution is 5.10. The number of hydrogen-bond acceptors (Lipinski definition) is 4. The van der Waals surface area contributed by atoms with Gasteiger partial charge in [-0.1, -0.05) is 6.07 Å². The molecule has 0 radical (unpaired) electrons. The number of hydrogen-bond donors (Lipinski definition) is 0. The van der Waals surface area contributed by atoms with Gasteiger partial charge in [-0.25, -0.2) is 0 Å². The van der Waals surface area contributed by atoms with E-state index in [2.05, 4.69) is 35.9 Å². The Labute approximate surface area is 133 Å². The summed E-state index contributed by atoms with van der Waals surface area (Å²) in [5, 5.41) is 0. The molecule has 2 heterocycles. The Morgan fingerprint density at radius 1 is 1.18 bits per heavy atom. The number of pyridine rings is 1. The van der Waals surface area contributed by atoms with Crippen molar-refractivity contribution in [1.82, 2.24) is 9.88 Å². The van der Waals surface area contributed by atoms with Crippen molar-refractivity contribution in [3.05, 3.63) is 53.7 Å². The smallest absolute Gasteiger partial charge is 0.117 e. The molecule has 0 atom stereocenters. The molecule has 0 aliphatic rings. The fourth-order valence-corrected chi connectivity index (χ4v) is 2.36. The van der Waals surface area contributed by atoms with Crippen molar-refractivity contribution < 1.29 is 9.15 Å². The minimum absolute atomic E-state index is 0.289. The van der Waals surface area contributed by atoms with Crippen molar-refractivity contribution in [1.29, 1.82) is 0 Å². The third kappa shape index (κ3) is 6.00. The van der Waals surface area contributed by atoms with Crippen LogP contribution >= 0.6 is 0 Å². The molecular formula is C18H26N2O2. The van der Waals surface area contributed by atoms with Crippen LogP contribution in [0.2, 0.25) is 0 Å². The lowest BCUT2D eigenvalue weighted by Crippen LogP contribution is -2.25. The van der Waals surface area contributed by atoms with Gasteiger partial charge in [0.1, 0.15) is 5.76 Å². The molecule has 0 bridgehead atoms. The van der Waals surface area contributed by atoms with Gasteiger partial charge in [-0.2, -0.15) is 0 Å². The highest BCUT2D eigenvalue weighted by atomic mass is 16.5. The molecule has 0 amide bonds. The molecule has 0 fully saturated rings. The molecule has 2 aromatic rings. The highest BCUT2D eigenvalue weighted by Crippen LogP contribution is 2.10. The Bertz CT molecular complexity index is 538. The lowest BCUT2D eigenvalue weighted by Gasteiger charge is -2.21. The number of ether oxygens (including phenoxy) is 1. The van der Waals surface area contributed by atoms with Gasteiger partial charge in [-0.3, -0.25) is 9.88 Å².